The van der Waals surface area contributed by atoms with Gasteiger partial charge < -0.3 is 20.5 Å². The number of aryl methyl sites for hydroxylation is 1. The van der Waals surface area contributed by atoms with Crippen molar-refractivity contribution >= 4 is 39.2 Å². The van der Waals surface area contributed by atoms with Gasteiger partial charge in [0.25, 0.3) is 11.6 Å². The fraction of sp³-hybridized carbons (Fsp3) is 0.231. The first-order valence-corrected chi connectivity index (χ1v) is 11.9. The number of nitrogens with zero attached hydrogens (tertiary/aromatic N) is 1. The largest absolute Gasteiger partial charge is 0.497 e. The zero-order chi connectivity index (χ0) is 23.9. The Labute approximate surface area is 205 Å². The van der Waals surface area contributed by atoms with Gasteiger partial charge in [-0.15, -0.1) is 0 Å². The number of hydrogen-bond acceptors (Lipinski definition) is 4. The number of carbonyl (C=O) groups is 2. The van der Waals surface area contributed by atoms with Crippen LogP contribution in [0, 0.1) is 0 Å². The Morgan fingerprint density at radius 3 is 2.82 bits per heavy atom. The van der Waals surface area contributed by atoms with Crippen molar-refractivity contribution < 1.29 is 19.4 Å². The molecule has 3 N–H and O–H groups in total. The van der Waals surface area contributed by atoms with Gasteiger partial charge in [-0.1, -0.05) is 46.3 Å². The van der Waals surface area contributed by atoms with Crippen molar-refractivity contribution in [3.05, 3.63) is 87.9 Å². The monoisotopic (exact) mass is 521 g/mol. The second-order valence-electron chi connectivity index (χ2n) is 8.45. The van der Waals surface area contributed by atoms with Crippen molar-refractivity contribution in [3.63, 3.8) is 0 Å². The van der Waals surface area contributed by atoms with Crippen LogP contribution in [0.15, 0.2) is 71.2 Å². The van der Waals surface area contributed by atoms with Crippen LogP contribution in [0.5, 0.6) is 5.75 Å². The number of urea groups is 1. The molecule has 0 radical (unpaired) electrons. The molecule has 0 saturated heterocycles. The molecule has 1 aliphatic heterocycles. The van der Waals surface area contributed by atoms with Crippen LogP contribution < -0.4 is 20.3 Å². The van der Waals surface area contributed by atoms with E-state index in [4.69, 9.17) is 4.74 Å². The van der Waals surface area contributed by atoms with Crippen LogP contribution in [-0.4, -0.2) is 24.2 Å². The Bertz CT molecular complexity index is 1280. The molecule has 7 nitrogen and oxygen atoms in total. The van der Waals surface area contributed by atoms with E-state index in [-0.39, 0.29) is 11.6 Å². The van der Waals surface area contributed by atoms with Gasteiger partial charge in [0.1, 0.15) is 5.75 Å². The van der Waals surface area contributed by atoms with Crippen LogP contribution in [0.25, 0.3) is 0 Å². The summed E-state index contributed by atoms with van der Waals surface area (Å²) in [7, 11) is 1.52. The van der Waals surface area contributed by atoms with Crippen molar-refractivity contribution in [1.29, 1.82) is 0 Å². The van der Waals surface area contributed by atoms with Crippen LogP contribution in [0.3, 0.4) is 0 Å². The molecule has 34 heavy (non-hydrogen) atoms. The normalized spacial score (nSPS) is 21.2. The van der Waals surface area contributed by atoms with E-state index in [1.165, 1.54) is 12.7 Å². The second kappa shape index (κ2) is 8.77. The maximum Gasteiger partial charge on any atom is 0.329 e. The number of methoxy groups -OCH3 is 1. The summed E-state index contributed by atoms with van der Waals surface area (Å²) in [4.78, 5) is 28.3. The zero-order valence-electron chi connectivity index (χ0n) is 18.5. The smallest absolute Gasteiger partial charge is 0.329 e. The fourth-order valence-corrected chi connectivity index (χ4v) is 5.15. The molecule has 0 unspecified atom stereocenters. The Kier molecular flexibility index (Phi) is 5.79. The minimum absolute atomic E-state index is 0.269. The Morgan fingerprint density at radius 1 is 1.18 bits per heavy atom. The minimum Gasteiger partial charge on any atom is -0.497 e. The predicted octanol–water partition coefficient (Wildman–Crippen LogP) is 4.85. The van der Waals surface area contributed by atoms with Gasteiger partial charge in [0.2, 0.25) is 0 Å². The van der Waals surface area contributed by atoms with Gasteiger partial charge in [-0.05, 0) is 60.7 Å². The van der Waals surface area contributed by atoms with E-state index in [0.29, 0.717) is 21.6 Å². The van der Waals surface area contributed by atoms with Crippen LogP contribution in [0.2, 0.25) is 0 Å². The number of amides is 3. The Hall–Kier alpha value is -3.36. The molecule has 3 aromatic carbocycles. The number of aliphatic hydroxyl groups is 1. The molecule has 3 aromatic rings. The standard InChI is InChI=1S/C26H24BrN3O4/c1-34-19-9-5-8-18(15-19)30-25(32)29-23-13-12-17(27)14-21(23)26(30,33)24(31)28-22-11-4-7-16-6-2-3-10-20(16)22/h2-3,5-6,8-10,12-15,22,33H,4,7,11H2,1H3,(H,28,31)(H,29,32)/t22-,26+/m0/s1. The summed E-state index contributed by atoms with van der Waals surface area (Å²) in [5, 5.41) is 18.0. The third kappa shape index (κ3) is 3.73. The highest BCUT2D eigenvalue weighted by atomic mass is 79.9. The van der Waals surface area contributed by atoms with Gasteiger partial charge in [0.05, 0.1) is 24.5 Å². The molecule has 0 saturated carbocycles. The van der Waals surface area contributed by atoms with Gasteiger partial charge in [-0.3, -0.25) is 9.69 Å². The minimum atomic E-state index is -2.29. The number of nitrogens with one attached hydrogen (secondary N) is 2. The molecular weight excluding hydrogens is 498 g/mol. The second-order valence-corrected chi connectivity index (χ2v) is 9.36. The summed E-state index contributed by atoms with van der Waals surface area (Å²) >= 11 is 3.43. The highest BCUT2D eigenvalue weighted by molar-refractivity contribution is 9.10. The number of hydrogen-bond donors (Lipinski definition) is 3. The van der Waals surface area contributed by atoms with E-state index in [9.17, 15) is 14.7 Å². The first kappa shape index (κ1) is 22.4. The number of rotatable bonds is 4. The number of ether oxygens (including phenoxy) is 1. The summed E-state index contributed by atoms with van der Waals surface area (Å²) in [6.07, 6.45) is 2.61. The van der Waals surface area contributed by atoms with Crippen molar-refractivity contribution in [1.82, 2.24) is 5.32 Å². The first-order chi connectivity index (χ1) is 16.4. The molecule has 8 heteroatoms. The quantitative estimate of drug-likeness (QED) is 0.457. The lowest BCUT2D eigenvalue weighted by atomic mass is 9.87. The summed E-state index contributed by atoms with van der Waals surface area (Å²) in [5.74, 6) is -0.180. The van der Waals surface area contributed by atoms with E-state index in [1.54, 1.807) is 42.5 Å². The average molecular weight is 522 g/mol. The van der Waals surface area contributed by atoms with Crippen molar-refractivity contribution in [3.8, 4) is 5.75 Å². The van der Waals surface area contributed by atoms with Crippen LogP contribution >= 0.6 is 15.9 Å². The SMILES string of the molecule is COc1cccc(N2C(=O)Nc3ccc(Br)cc3[C@@]2(O)C(=O)N[C@H]2CCCc3ccccc32)c1. The predicted molar refractivity (Wildman–Crippen MR) is 133 cm³/mol. The average Bonchev–Trinajstić information content (AvgIpc) is 2.85. The fourth-order valence-electron chi connectivity index (χ4n) is 4.79. The van der Waals surface area contributed by atoms with Crippen LogP contribution in [-0.2, 0) is 16.9 Å². The van der Waals surface area contributed by atoms with Gasteiger partial charge in [0.15, 0.2) is 0 Å². The molecule has 0 spiro atoms. The van der Waals surface area contributed by atoms with Gasteiger partial charge in [-0.2, -0.15) is 0 Å². The van der Waals surface area contributed by atoms with Gasteiger partial charge in [-0.25, -0.2) is 4.79 Å². The zero-order valence-corrected chi connectivity index (χ0v) is 20.1. The van der Waals surface area contributed by atoms with Crippen molar-refractivity contribution in [2.24, 2.45) is 0 Å². The maximum atomic E-state index is 13.9. The van der Waals surface area contributed by atoms with E-state index in [0.717, 1.165) is 29.7 Å². The van der Waals surface area contributed by atoms with Gasteiger partial charge >= 0.3 is 6.03 Å². The molecule has 2 aliphatic rings. The number of anilines is 2. The lowest BCUT2D eigenvalue weighted by molar-refractivity contribution is -0.141. The maximum absolute atomic E-state index is 13.9. The molecule has 1 aliphatic carbocycles. The van der Waals surface area contributed by atoms with Crippen molar-refractivity contribution in [2.45, 2.75) is 31.0 Å². The molecule has 1 heterocycles. The molecule has 0 fully saturated rings. The first-order valence-electron chi connectivity index (χ1n) is 11.1. The third-order valence-electron chi connectivity index (χ3n) is 6.43. The summed E-state index contributed by atoms with van der Waals surface area (Å²) in [6.45, 7) is 0. The Morgan fingerprint density at radius 2 is 2.00 bits per heavy atom. The highest BCUT2D eigenvalue weighted by Gasteiger charge is 2.52. The van der Waals surface area contributed by atoms with E-state index < -0.39 is 17.7 Å². The summed E-state index contributed by atoms with van der Waals surface area (Å²) in [6, 6.07) is 18.9. The lowest BCUT2D eigenvalue weighted by Gasteiger charge is -2.43. The number of halogens is 1. The van der Waals surface area contributed by atoms with E-state index in [2.05, 4.69) is 32.6 Å². The molecule has 174 valence electrons. The highest BCUT2D eigenvalue weighted by Crippen LogP contribution is 2.42. The number of carbonyl (C=O) groups excluding carboxylic acids is 2. The molecular formula is C26H24BrN3O4. The third-order valence-corrected chi connectivity index (χ3v) is 6.92. The molecule has 2 atom stereocenters. The summed E-state index contributed by atoms with van der Waals surface area (Å²) in [5.41, 5.74) is 0.887. The van der Waals surface area contributed by atoms with Crippen molar-refractivity contribution in [2.75, 3.05) is 17.3 Å². The van der Waals surface area contributed by atoms with Crippen LogP contribution in [0.1, 0.15) is 35.6 Å². The van der Waals surface area contributed by atoms with Crippen LogP contribution in [0.4, 0.5) is 16.2 Å². The van der Waals surface area contributed by atoms with Gasteiger partial charge in [0, 0.05) is 16.1 Å². The van der Waals surface area contributed by atoms with E-state index in [1.807, 2.05) is 18.2 Å². The Balaban J connectivity index is 1.62. The molecule has 0 aromatic heterocycles. The topological polar surface area (TPSA) is 90.9 Å². The molecule has 5 rings (SSSR count). The lowest BCUT2D eigenvalue weighted by Crippen LogP contribution is -2.63. The number of fused-ring (bicyclic) bond motifs is 2. The molecule has 0 bridgehead atoms. The van der Waals surface area contributed by atoms with E-state index >= 15 is 0 Å². The number of benzene rings is 3. The molecule has 3 amide bonds. The summed E-state index contributed by atoms with van der Waals surface area (Å²) < 4.78 is 5.98.